The van der Waals surface area contributed by atoms with Gasteiger partial charge in [0.05, 0.1) is 11.9 Å². The zero-order chi connectivity index (χ0) is 20.1. The third-order valence-corrected chi connectivity index (χ3v) is 5.09. The second-order valence-electron chi connectivity index (χ2n) is 7.18. The molecule has 1 aliphatic heterocycles. The van der Waals surface area contributed by atoms with Gasteiger partial charge in [0.1, 0.15) is 12.4 Å². The van der Waals surface area contributed by atoms with Gasteiger partial charge in [0.15, 0.2) is 5.69 Å². The molecule has 0 spiro atoms. The molecule has 4 rings (SSSR count). The van der Waals surface area contributed by atoms with E-state index in [1.165, 1.54) is 5.56 Å². The van der Waals surface area contributed by atoms with Crippen LogP contribution < -0.4 is 4.74 Å². The van der Waals surface area contributed by atoms with Crippen LogP contribution in [0.5, 0.6) is 5.75 Å². The minimum absolute atomic E-state index is 0.0662. The molecule has 0 N–H and O–H groups in total. The number of carbonyl (C=O) groups excluding carboxylic acids is 1. The van der Waals surface area contributed by atoms with Crippen molar-refractivity contribution in [2.45, 2.75) is 6.92 Å². The van der Waals surface area contributed by atoms with Crippen molar-refractivity contribution >= 4 is 5.91 Å². The minimum atomic E-state index is -0.0662. The van der Waals surface area contributed by atoms with Crippen LogP contribution in [0.25, 0.3) is 5.69 Å². The summed E-state index contributed by atoms with van der Waals surface area (Å²) in [5.41, 5.74) is 2.45. The number of rotatable bonds is 6. The Bertz CT molecular complexity index is 931. The molecule has 1 fully saturated rings. The summed E-state index contributed by atoms with van der Waals surface area (Å²) in [6, 6.07) is 17.8. The molecule has 1 aliphatic rings. The number of para-hydroxylation sites is 1. The van der Waals surface area contributed by atoms with Gasteiger partial charge in [0, 0.05) is 32.7 Å². The number of hydrogen-bond acceptors (Lipinski definition) is 5. The zero-order valence-electron chi connectivity index (χ0n) is 16.6. The highest BCUT2D eigenvalue weighted by Gasteiger charge is 2.24. The molecule has 0 atom stereocenters. The summed E-state index contributed by atoms with van der Waals surface area (Å²) in [4.78, 5) is 16.9. The molecule has 2 heterocycles. The number of benzene rings is 2. The van der Waals surface area contributed by atoms with E-state index in [4.69, 9.17) is 4.74 Å². The summed E-state index contributed by atoms with van der Waals surface area (Å²) in [5.74, 6) is 0.821. The van der Waals surface area contributed by atoms with Gasteiger partial charge in [-0.1, -0.05) is 41.1 Å². The summed E-state index contributed by atoms with van der Waals surface area (Å²) >= 11 is 0. The Morgan fingerprint density at radius 3 is 2.45 bits per heavy atom. The molecule has 29 heavy (non-hydrogen) atoms. The number of piperazine rings is 1. The number of nitrogens with zero attached hydrogens (tertiary/aromatic N) is 5. The average molecular weight is 391 g/mol. The van der Waals surface area contributed by atoms with Crippen LogP contribution in [0.3, 0.4) is 0 Å². The smallest absolute Gasteiger partial charge is 0.276 e. The summed E-state index contributed by atoms with van der Waals surface area (Å²) in [7, 11) is 0. The molecule has 0 bridgehead atoms. The predicted octanol–water partition coefficient (Wildman–Crippen LogP) is 2.41. The van der Waals surface area contributed by atoms with Gasteiger partial charge in [-0.3, -0.25) is 9.69 Å². The monoisotopic (exact) mass is 391 g/mol. The SMILES string of the molecule is Cc1ccc(-n2cc(C(=O)N3CCN(CCOc4ccccc4)CC3)nn2)cc1. The number of hydrogen-bond donors (Lipinski definition) is 0. The molecule has 7 heteroatoms. The maximum absolute atomic E-state index is 12.8. The van der Waals surface area contributed by atoms with Gasteiger partial charge in [0.2, 0.25) is 0 Å². The van der Waals surface area contributed by atoms with Gasteiger partial charge < -0.3 is 9.64 Å². The maximum atomic E-state index is 12.8. The fourth-order valence-corrected chi connectivity index (χ4v) is 3.33. The van der Waals surface area contributed by atoms with E-state index in [-0.39, 0.29) is 5.91 Å². The van der Waals surface area contributed by atoms with Crippen molar-refractivity contribution in [3.63, 3.8) is 0 Å². The van der Waals surface area contributed by atoms with Crippen molar-refractivity contribution in [2.75, 3.05) is 39.3 Å². The van der Waals surface area contributed by atoms with Crippen molar-refractivity contribution in [3.05, 3.63) is 72.1 Å². The van der Waals surface area contributed by atoms with Crippen molar-refractivity contribution < 1.29 is 9.53 Å². The molecule has 0 unspecified atom stereocenters. The Kier molecular flexibility index (Phi) is 5.86. The van der Waals surface area contributed by atoms with Crippen LogP contribution in [0.1, 0.15) is 16.1 Å². The second-order valence-corrected chi connectivity index (χ2v) is 7.18. The summed E-state index contributed by atoms with van der Waals surface area (Å²) in [5, 5.41) is 8.19. The van der Waals surface area contributed by atoms with Gasteiger partial charge in [0.25, 0.3) is 5.91 Å². The number of aryl methyl sites for hydroxylation is 1. The lowest BCUT2D eigenvalue weighted by atomic mass is 10.2. The highest BCUT2D eigenvalue weighted by molar-refractivity contribution is 5.92. The number of aromatic nitrogens is 3. The first-order valence-electron chi connectivity index (χ1n) is 9.88. The number of amides is 1. The molecule has 2 aromatic carbocycles. The van der Waals surface area contributed by atoms with E-state index < -0.39 is 0 Å². The van der Waals surface area contributed by atoms with E-state index >= 15 is 0 Å². The van der Waals surface area contributed by atoms with E-state index in [1.54, 1.807) is 10.9 Å². The van der Waals surface area contributed by atoms with Crippen LogP contribution in [0, 0.1) is 6.92 Å². The fraction of sp³-hybridized carbons (Fsp3) is 0.318. The number of carbonyl (C=O) groups is 1. The predicted molar refractivity (Wildman–Crippen MR) is 110 cm³/mol. The summed E-state index contributed by atoms with van der Waals surface area (Å²) in [6.45, 7) is 6.55. The van der Waals surface area contributed by atoms with Crippen molar-refractivity contribution in [2.24, 2.45) is 0 Å². The van der Waals surface area contributed by atoms with Crippen LogP contribution in [0.4, 0.5) is 0 Å². The fourth-order valence-electron chi connectivity index (χ4n) is 3.33. The second kappa shape index (κ2) is 8.87. The van der Waals surface area contributed by atoms with Gasteiger partial charge in [-0.05, 0) is 31.2 Å². The van der Waals surface area contributed by atoms with E-state index in [0.29, 0.717) is 25.4 Å². The molecule has 7 nitrogen and oxygen atoms in total. The molecule has 1 saturated heterocycles. The van der Waals surface area contributed by atoms with Crippen LogP contribution in [0.2, 0.25) is 0 Å². The lowest BCUT2D eigenvalue weighted by Gasteiger charge is -2.34. The van der Waals surface area contributed by atoms with Crippen LogP contribution in [-0.2, 0) is 0 Å². The molecule has 1 aromatic heterocycles. The summed E-state index contributed by atoms with van der Waals surface area (Å²) in [6.07, 6.45) is 1.70. The minimum Gasteiger partial charge on any atom is -0.492 e. The van der Waals surface area contributed by atoms with Gasteiger partial charge >= 0.3 is 0 Å². The Labute approximate surface area is 170 Å². The average Bonchev–Trinajstić information content (AvgIpc) is 3.25. The molecular formula is C22H25N5O2. The molecular weight excluding hydrogens is 366 g/mol. The Morgan fingerprint density at radius 1 is 1.00 bits per heavy atom. The van der Waals surface area contributed by atoms with Crippen molar-refractivity contribution in [1.29, 1.82) is 0 Å². The number of ether oxygens (including phenoxy) is 1. The molecule has 1 amide bonds. The lowest BCUT2D eigenvalue weighted by Crippen LogP contribution is -2.49. The first-order chi connectivity index (χ1) is 14.2. The lowest BCUT2D eigenvalue weighted by molar-refractivity contribution is 0.0614. The molecule has 3 aromatic rings. The van der Waals surface area contributed by atoms with E-state index in [0.717, 1.165) is 31.1 Å². The third kappa shape index (κ3) is 4.81. The molecule has 150 valence electrons. The molecule has 0 aliphatic carbocycles. The highest BCUT2D eigenvalue weighted by atomic mass is 16.5. The van der Waals surface area contributed by atoms with Crippen LogP contribution in [-0.4, -0.2) is 70.0 Å². The van der Waals surface area contributed by atoms with Gasteiger partial charge in [-0.2, -0.15) is 0 Å². The Balaban J connectivity index is 1.26. The molecule has 0 saturated carbocycles. The van der Waals surface area contributed by atoms with Crippen LogP contribution >= 0.6 is 0 Å². The normalized spacial score (nSPS) is 14.7. The van der Waals surface area contributed by atoms with E-state index in [1.807, 2.05) is 66.4 Å². The van der Waals surface area contributed by atoms with Crippen LogP contribution in [0.15, 0.2) is 60.8 Å². The first-order valence-corrected chi connectivity index (χ1v) is 9.88. The van der Waals surface area contributed by atoms with Crippen molar-refractivity contribution in [3.8, 4) is 11.4 Å². The topological polar surface area (TPSA) is 63.5 Å². The maximum Gasteiger partial charge on any atom is 0.276 e. The standard InChI is InChI=1S/C22H25N5O2/c1-18-7-9-19(10-8-18)27-17-21(23-24-27)22(28)26-13-11-25(12-14-26)15-16-29-20-5-3-2-4-6-20/h2-10,17H,11-16H2,1H3. The van der Waals surface area contributed by atoms with Gasteiger partial charge in [-0.15, -0.1) is 5.10 Å². The van der Waals surface area contributed by atoms with E-state index in [9.17, 15) is 4.79 Å². The largest absolute Gasteiger partial charge is 0.492 e. The Hall–Kier alpha value is -3.19. The highest BCUT2D eigenvalue weighted by Crippen LogP contribution is 2.12. The molecule has 0 radical (unpaired) electrons. The zero-order valence-corrected chi connectivity index (χ0v) is 16.6. The van der Waals surface area contributed by atoms with E-state index in [2.05, 4.69) is 15.2 Å². The quantitative estimate of drug-likeness (QED) is 0.646. The first kappa shape index (κ1) is 19.1. The summed E-state index contributed by atoms with van der Waals surface area (Å²) < 4.78 is 7.40. The Morgan fingerprint density at radius 2 is 1.72 bits per heavy atom. The third-order valence-electron chi connectivity index (χ3n) is 5.09. The van der Waals surface area contributed by atoms with Gasteiger partial charge in [-0.25, -0.2) is 4.68 Å². The van der Waals surface area contributed by atoms with Crippen molar-refractivity contribution in [1.82, 2.24) is 24.8 Å².